The van der Waals surface area contributed by atoms with Gasteiger partial charge in [0.25, 0.3) is 0 Å². The lowest BCUT2D eigenvalue weighted by molar-refractivity contribution is -0.149. The van der Waals surface area contributed by atoms with Gasteiger partial charge in [-0.15, -0.1) is 12.4 Å². The summed E-state index contributed by atoms with van der Waals surface area (Å²) in [5, 5.41) is 0. The quantitative estimate of drug-likeness (QED) is 0.876. The maximum atomic E-state index is 12.3. The van der Waals surface area contributed by atoms with Gasteiger partial charge in [0.2, 0.25) is 0 Å². The van der Waals surface area contributed by atoms with Crippen molar-refractivity contribution < 1.29 is 13.2 Å². The monoisotopic (exact) mass is 267 g/mol. The van der Waals surface area contributed by atoms with E-state index in [9.17, 15) is 13.2 Å². The smallest absolute Gasteiger partial charge is 0.316 e. The highest BCUT2D eigenvalue weighted by molar-refractivity contribution is 5.85. The second-order valence-electron chi connectivity index (χ2n) is 3.86. The zero-order valence-corrected chi connectivity index (χ0v) is 10.4. The van der Waals surface area contributed by atoms with E-state index in [0.717, 1.165) is 24.8 Å². The highest BCUT2D eigenvalue weighted by Gasteiger charge is 2.37. The van der Waals surface area contributed by atoms with Crippen molar-refractivity contribution in [3.8, 4) is 0 Å². The predicted molar refractivity (Wildman–Crippen MR) is 65.3 cm³/mol. The zero-order chi connectivity index (χ0) is 12.2. The lowest BCUT2D eigenvalue weighted by Crippen LogP contribution is -2.28. The molecule has 1 aromatic carbocycles. The maximum Gasteiger partial charge on any atom is 0.407 e. The van der Waals surface area contributed by atoms with E-state index in [1.165, 1.54) is 12.1 Å². The molecule has 0 saturated heterocycles. The van der Waals surface area contributed by atoms with E-state index in [4.69, 9.17) is 5.73 Å². The van der Waals surface area contributed by atoms with Crippen molar-refractivity contribution in [3.05, 3.63) is 35.4 Å². The Kier molecular flexibility index (Phi) is 6.57. The largest absolute Gasteiger partial charge is 0.407 e. The fourth-order valence-corrected chi connectivity index (χ4v) is 1.46. The molecule has 0 unspecified atom stereocenters. The number of rotatable bonds is 4. The van der Waals surface area contributed by atoms with Gasteiger partial charge in [0.1, 0.15) is 6.04 Å². The third-order valence-corrected chi connectivity index (χ3v) is 2.51. The molecule has 0 spiro atoms. The van der Waals surface area contributed by atoms with Gasteiger partial charge in [0, 0.05) is 0 Å². The van der Waals surface area contributed by atoms with Crippen LogP contribution in [0.25, 0.3) is 0 Å². The van der Waals surface area contributed by atoms with Gasteiger partial charge in [-0.05, 0) is 24.0 Å². The molecule has 0 aliphatic carbocycles. The minimum absolute atomic E-state index is 0. The van der Waals surface area contributed by atoms with Gasteiger partial charge in [-0.3, -0.25) is 0 Å². The van der Waals surface area contributed by atoms with Crippen LogP contribution in [0.5, 0.6) is 0 Å². The zero-order valence-electron chi connectivity index (χ0n) is 9.63. The minimum Gasteiger partial charge on any atom is -0.316 e. The second kappa shape index (κ2) is 6.87. The summed E-state index contributed by atoms with van der Waals surface area (Å²) in [4.78, 5) is 0. The van der Waals surface area contributed by atoms with Crippen molar-refractivity contribution in [2.45, 2.75) is 38.4 Å². The molecule has 0 amide bonds. The molecule has 17 heavy (non-hydrogen) atoms. The molecule has 2 N–H and O–H groups in total. The first-order chi connectivity index (χ1) is 7.45. The van der Waals surface area contributed by atoms with Crippen LogP contribution in [-0.2, 0) is 6.42 Å². The van der Waals surface area contributed by atoms with Crippen LogP contribution >= 0.6 is 12.4 Å². The number of hydrogen-bond acceptors (Lipinski definition) is 1. The molecule has 1 rings (SSSR count). The first-order valence-electron chi connectivity index (χ1n) is 5.36. The summed E-state index contributed by atoms with van der Waals surface area (Å²) in [7, 11) is 0. The molecule has 0 radical (unpaired) electrons. The Labute approximate surface area is 106 Å². The number of alkyl halides is 3. The summed E-state index contributed by atoms with van der Waals surface area (Å²) in [5.41, 5.74) is 6.27. The molecule has 0 aliphatic heterocycles. The summed E-state index contributed by atoms with van der Waals surface area (Å²) in [6, 6.07) is 4.48. The van der Waals surface area contributed by atoms with Gasteiger partial charge >= 0.3 is 6.18 Å². The topological polar surface area (TPSA) is 26.0 Å². The van der Waals surface area contributed by atoms with Crippen LogP contribution in [0.4, 0.5) is 13.2 Å². The van der Waals surface area contributed by atoms with Gasteiger partial charge < -0.3 is 5.73 Å². The Hall–Kier alpha value is -0.740. The Morgan fingerprint density at radius 2 is 1.71 bits per heavy atom. The standard InChI is InChI=1S/C12H16F3N.ClH/c1-2-3-4-9-5-7-10(8-6-9)11(16)12(13,14)15;/h5-8,11H,2-4,16H2,1H3;1H/t11-;/m1./s1. The molecule has 0 heterocycles. The van der Waals surface area contributed by atoms with E-state index in [1.807, 2.05) is 0 Å². The first kappa shape index (κ1) is 16.3. The fourth-order valence-electron chi connectivity index (χ4n) is 1.46. The molecule has 0 aliphatic rings. The normalized spacial score (nSPS) is 13.0. The number of benzene rings is 1. The molecular weight excluding hydrogens is 251 g/mol. The first-order valence-corrected chi connectivity index (χ1v) is 5.36. The van der Waals surface area contributed by atoms with Gasteiger partial charge in [-0.1, -0.05) is 37.6 Å². The Bertz CT molecular complexity index is 322. The van der Waals surface area contributed by atoms with Crippen LogP contribution in [0.1, 0.15) is 36.9 Å². The second-order valence-corrected chi connectivity index (χ2v) is 3.86. The molecule has 98 valence electrons. The van der Waals surface area contributed by atoms with Crippen LogP contribution in [-0.4, -0.2) is 6.18 Å². The van der Waals surface area contributed by atoms with Crippen molar-refractivity contribution in [1.82, 2.24) is 0 Å². The summed E-state index contributed by atoms with van der Waals surface area (Å²) >= 11 is 0. The molecule has 0 aromatic heterocycles. The average Bonchev–Trinajstić information content (AvgIpc) is 2.25. The number of unbranched alkanes of at least 4 members (excludes halogenated alkanes) is 1. The summed E-state index contributed by atoms with van der Waals surface area (Å²) in [5.74, 6) is 0. The molecule has 0 bridgehead atoms. The van der Waals surface area contributed by atoms with E-state index in [2.05, 4.69) is 6.92 Å². The average molecular weight is 268 g/mol. The Morgan fingerprint density at radius 1 is 1.18 bits per heavy atom. The number of aryl methyl sites for hydroxylation is 1. The van der Waals surface area contributed by atoms with E-state index < -0.39 is 12.2 Å². The van der Waals surface area contributed by atoms with E-state index in [1.54, 1.807) is 12.1 Å². The fraction of sp³-hybridized carbons (Fsp3) is 0.500. The lowest BCUT2D eigenvalue weighted by atomic mass is 10.0. The van der Waals surface area contributed by atoms with E-state index in [-0.39, 0.29) is 18.0 Å². The third kappa shape index (κ3) is 4.96. The molecule has 1 aromatic rings. The van der Waals surface area contributed by atoms with Crippen LogP contribution < -0.4 is 5.73 Å². The molecular formula is C12H17ClF3N. The number of hydrogen-bond donors (Lipinski definition) is 1. The van der Waals surface area contributed by atoms with Crippen molar-refractivity contribution in [3.63, 3.8) is 0 Å². The van der Waals surface area contributed by atoms with Crippen LogP contribution in [0.2, 0.25) is 0 Å². The molecule has 0 fully saturated rings. The summed E-state index contributed by atoms with van der Waals surface area (Å²) < 4.78 is 36.9. The number of nitrogens with two attached hydrogens (primary N) is 1. The SMILES string of the molecule is CCCCc1ccc([C@@H](N)C(F)(F)F)cc1.Cl. The van der Waals surface area contributed by atoms with Gasteiger partial charge in [-0.25, -0.2) is 0 Å². The van der Waals surface area contributed by atoms with Crippen LogP contribution in [0.15, 0.2) is 24.3 Å². The van der Waals surface area contributed by atoms with Crippen LogP contribution in [0.3, 0.4) is 0 Å². The maximum absolute atomic E-state index is 12.3. The van der Waals surface area contributed by atoms with Crippen molar-refractivity contribution in [2.24, 2.45) is 5.73 Å². The lowest BCUT2D eigenvalue weighted by Gasteiger charge is -2.16. The van der Waals surface area contributed by atoms with Gasteiger partial charge in [0.15, 0.2) is 0 Å². The van der Waals surface area contributed by atoms with Gasteiger partial charge in [0.05, 0.1) is 0 Å². The Morgan fingerprint density at radius 3 is 2.12 bits per heavy atom. The number of halogens is 4. The Balaban J connectivity index is 0.00000256. The molecule has 1 atom stereocenters. The highest BCUT2D eigenvalue weighted by atomic mass is 35.5. The van der Waals surface area contributed by atoms with Crippen molar-refractivity contribution in [2.75, 3.05) is 0 Å². The third-order valence-electron chi connectivity index (χ3n) is 2.51. The van der Waals surface area contributed by atoms with Crippen molar-refractivity contribution in [1.29, 1.82) is 0 Å². The van der Waals surface area contributed by atoms with Crippen molar-refractivity contribution >= 4 is 12.4 Å². The van der Waals surface area contributed by atoms with Crippen LogP contribution in [0, 0.1) is 0 Å². The minimum atomic E-state index is -4.37. The summed E-state index contributed by atoms with van der Waals surface area (Å²) in [6.45, 7) is 2.08. The highest BCUT2D eigenvalue weighted by Crippen LogP contribution is 2.30. The molecule has 0 saturated carbocycles. The molecule has 5 heteroatoms. The molecule has 1 nitrogen and oxygen atoms in total. The van der Waals surface area contributed by atoms with E-state index >= 15 is 0 Å². The van der Waals surface area contributed by atoms with Gasteiger partial charge in [-0.2, -0.15) is 13.2 Å². The van der Waals surface area contributed by atoms with E-state index in [0.29, 0.717) is 0 Å². The predicted octanol–water partition coefficient (Wildman–Crippen LogP) is 4.01. The summed E-state index contributed by atoms with van der Waals surface area (Å²) in [6.07, 6.45) is -1.35.